The van der Waals surface area contributed by atoms with Crippen molar-refractivity contribution in [3.63, 3.8) is 0 Å². The molecule has 0 saturated carbocycles. The van der Waals surface area contributed by atoms with E-state index in [1.165, 1.54) is 18.2 Å². The first-order chi connectivity index (χ1) is 9.97. The summed E-state index contributed by atoms with van der Waals surface area (Å²) in [6.07, 6.45) is 3.08. The Hall–Kier alpha value is -1.91. The SMILES string of the molecule is CCCC(CCC)C(=O)Nc1ccc(CC(=O)O)c(F)c1. The van der Waals surface area contributed by atoms with Crippen LogP contribution in [-0.2, 0) is 16.0 Å². The smallest absolute Gasteiger partial charge is 0.307 e. The van der Waals surface area contributed by atoms with Crippen LogP contribution in [0.4, 0.5) is 10.1 Å². The van der Waals surface area contributed by atoms with E-state index in [1.807, 2.05) is 13.8 Å². The second-order valence-corrected chi connectivity index (χ2v) is 5.14. The molecule has 1 aromatic carbocycles. The van der Waals surface area contributed by atoms with Crippen LogP contribution in [0.25, 0.3) is 0 Å². The maximum atomic E-state index is 13.7. The van der Waals surface area contributed by atoms with Crippen LogP contribution in [0.1, 0.15) is 45.1 Å². The van der Waals surface area contributed by atoms with Crippen molar-refractivity contribution in [1.29, 1.82) is 0 Å². The van der Waals surface area contributed by atoms with E-state index in [0.717, 1.165) is 25.7 Å². The van der Waals surface area contributed by atoms with Gasteiger partial charge in [0.2, 0.25) is 5.91 Å². The number of hydrogen-bond donors (Lipinski definition) is 2. The van der Waals surface area contributed by atoms with Gasteiger partial charge in [0.05, 0.1) is 6.42 Å². The molecule has 0 aliphatic heterocycles. The summed E-state index contributed by atoms with van der Waals surface area (Å²) in [4.78, 5) is 22.7. The average Bonchev–Trinajstić information content (AvgIpc) is 2.41. The molecule has 1 rings (SSSR count). The highest BCUT2D eigenvalue weighted by molar-refractivity contribution is 5.92. The number of benzene rings is 1. The second-order valence-electron chi connectivity index (χ2n) is 5.14. The highest BCUT2D eigenvalue weighted by atomic mass is 19.1. The van der Waals surface area contributed by atoms with Crippen molar-refractivity contribution >= 4 is 17.6 Å². The maximum absolute atomic E-state index is 13.7. The van der Waals surface area contributed by atoms with E-state index in [1.54, 1.807) is 0 Å². The van der Waals surface area contributed by atoms with E-state index in [0.29, 0.717) is 5.69 Å². The number of anilines is 1. The minimum absolute atomic E-state index is 0.0678. The van der Waals surface area contributed by atoms with Gasteiger partial charge in [-0.25, -0.2) is 4.39 Å². The lowest BCUT2D eigenvalue weighted by Crippen LogP contribution is -2.22. The van der Waals surface area contributed by atoms with E-state index in [-0.39, 0.29) is 23.8 Å². The summed E-state index contributed by atoms with van der Waals surface area (Å²) >= 11 is 0. The average molecular weight is 295 g/mol. The number of hydrogen-bond acceptors (Lipinski definition) is 2. The summed E-state index contributed by atoms with van der Waals surface area (Å²) in [5.41, 5.74) is 0.475. The van der Waals surface area contributed by atoms with E-state index in [9.17, 15) is 14.0 Å². The first kappa shape index (κ1) is 17.1. The first-order valence-corrected chi connectivity index (χ1v) is 7.29. The highest BCUT2D eigenvalue weighted by Gasteiger charge is 2.17. The van der Waals surface area contributed by atoms with Crippen molar-refractivity contribution in [2.45, 2.75) is 46.0 Å². The summed E-state index contributed by atoms with van der Waals surface area (Å²) in [7, 11) is 0. The molecule has 0 aliphatic rings. The fraction of sp³-hybridized carbons (Fsp3) is 0.500. The molecule has 0 fully saturated rings. The Kier molecular flexibility index (Phi) is 6.85. The lowest BCUT2D eigenvalue weighted by Gasteiger charge is -2.15. The maximum Gasteiger partial charge on any atom is 0.307 e. The van der Waals surface area contributed by atoms with Gasteiger partial charge < -0.3 is 10.4 Å². The Balaban J connectivity index is 2.75. The molecular formula is C16H22FNO3. The molecule has 0 spiro atoms. The van der Waals surface area contributed by atoms with Crippen molar-refractivity contribution in [3.05, 3.63) is 29.6 Å². The Morgan fingerprint density at radius 1 is 1.24 bits per heavy atom. The molecule has 0 bridgehead atoms. The van der Waals surface area contributed by atoms with Crippen LogP contribution in [0.3, 0.4) is 0 Å². The summed E-state index contributed by atoms with van der Waals surface area (Å²) in [6.45, 7) is 4.05. The molecule has 4 nitrogen and oxygen atoms in total. The molecule has 1 aromatic rings. The van der Waals surface area contributed by atoms with Crippen LogP contribution in [0.5, 0.6) is 0 Å². The number of nitrogens with one attached hydrogen (secondary N) is 1. The molecule has 0 aromatic heterocycles. The Bertz CT molecular complexity index is 496. The van der Waals surface area contributed by atoms with Crippen LogP contribution in [-0.4, -0.2) is 17.0 Å². The molecule has 0 radical (unpaired) electrons. The number of carboxylic acids is 1. The van der Waals surface area contributed by atoms with Crippen LogP contribution in [0.15, 0.2) is 18.2 Å². The Morgan fingerprint density at radius 2 is 1.86 bits per heavy atom. The number of carbonyl (C=O) groups is 2. The predicted octanol–water partition coefficient (Wildman–Crippen LogP) is 3.61. The van der Waals surface area contributed by atoms with Gasteiger partial charge in [-0.05, 0) is 30.5 Å². The zero-order valence-corrected chi connectivity index (χ0v) is 12.5. The largest absolute Gasteiger partial charge is 0.481 e. The molecule has 0 atom stereocenters. The van der Waals surface area contributed by atoms with Gasteiger partial charge in [0.1, 0.15) is 5.82 Å². The lowest BCUT2D eigenvalue weighted by atomic mass is 9.97. The Labute approximate surface area is 124 Å². The molecule has 5 heteroatoms. The quantitative estimate of drug-likeness (QED) is 0.770. The van der Waals surface area contributed by atoms with Gasteiger partial charge in [0.15, 0.2) is 0 Å². The summed E-state index contributed by atoms with van der Waals surface area (Å²) in [5.74, 6) is -1.87. The monoisotopic (exact) mass is 295 g/mol. The van der Waals surface area contributed by atoms with Crippen molar-refractivity contribution in [2.75, 3.05) is 5.32 Å². The van der Waals surface area contributed by atoms with Gasteiger partial charge in [0, 0.05) is 11.6 Å². The van der Waals surface area contributed by atoms with Crippen molar-refractivity contribution in [2.24, 2.45) is 5.92 Å². The van der Waals surface area contributed by atoms with Gasteiger partial charge in [-0.15, -0.1) is 0 Å². The predicted molar refractivity (Wildman–Crippen MR) is 79.7 cm³/mol. The van der Waals surface area contributed by atoms with Gasteiger partial charge in [-0.1, -0.05) is 32.8 Å². The van der Waals surface area contributed by atoms with Crippen molar-refractivity contribution < 1.29 is 19.1 Å². The normalized spacial score (nSPS) is 10.7. The topological polar surface area (TPSA) is 66.4 Å². The number of halogens is 1. The molecule has 0 heterocycles. The molecule has 116 valence electrons. The number of carboxylic acid groups (broad SMARTS) is 1. The van der Waals surface area contributed by atoms with E-state index in [4.69, 9.17) is 5.11 Å². The molecule has 0 saturated heterocycles. The van der Waals surface area contributed by atoms with Crippen LogP contribution < -0.4 is 5.32 Å². The van der Waals surface area contributed by atoms with Crippen LogP contribution in [0.2, 0.25) is 0 Å². The highest BCUT2D eigenvalue weighted by Crippen LogP contribution is 2.19. The fourth-order valence-electron chi connectivity index (χ4n) is 2.28. The third kappa shape index (κ3) is 5.53. The standard InChI is InChI=1S/C16H22FNO3/c1-3-5-11(6-4-2)16(21)18-13-8-7-12(9-15(19)20)14(17)10-13/h7-8,10-11H,3-6,9H2,1-2H3,(H,18,21)(H,19,20). The van der Waals surface area contributed by atoms with Crippen LogP contribution >= 0.6 is 0 Å². The minimum Gasteiger partial charge on any atom is -0.481 e. The number of rotatable bonds is 8. The van der Waals surface area contributed by atoms with Gasteiger partial charge in [0.25, 0.3) is 0 Å². The van der Waals surface area contributed by atoms with Crippen molar-refractivity contribution in [1.82, 2.24) is 0 Å². The molecule has 2 N–H and O–H groups in total. The lowest BCUT2D eigenvalue weighted by molar-refractivity contribution is -0.136. The van der Waals surface area contributed by atoms with E-state index in [2.05, 4.69) is 5.32 Å². The third-order valence-electron chi connectivity index (χ3n) is 3.31. The summed E-state index contributed by atoms with van der Waals surface area (Å²) < 4.78 is 13.7. The molecule has 0 unspecified atom stereocenters. The molecular weight excluding hydrogens is 273 g/mol. The van der Waals surface area contributed by atoms with E-state index >= 15 is 0 Å². The molecule has 21 heavy (non-hydrogen) atoms. The van der Waals surface area contributed by atoms with Gasteiger partial charge in [-0.2, -0.15) is 0 Å². The van der Waals surface area contributed by atoms with Gasteiger partial charge >= 0.3 is 5.97 Å². The molecule has 1 amide bonds. The third-order valence-corrected chi connectivity index (χ3v) is 3.31. The second kappa shape index (κ2) is 8.39. The minimum atomic E-state index is -1.09. The van der Waals surface area contributed by atoms with Crippen molar-refractivity contribution in [3.8, 4) is 0 Å². The Morgan fingerprint density at radius 3 is 2.33 bits per heavy atom. The summed E-state index contributed by atoms with van der Waals surface area (Å²) in [5, 5.41) is 11.4. The fourth-order valence-corrected chi connectivity index (χ4v) is 2.28. The van der Waals surface area contributed by atoms with Crippen LogP contribution in [0, 0.1) is 11.7 Å². The number of carbonyl (C=O) groups excluding carboxylic acids is 1. The zero-order chi connectivity index (χ0) is 15.8. The first-order valence-electron chi connectivity index (χ1n) is 7.29. The summed E-state index contributed by atoms with van der Waals surface area (Å²) in [6, 6.07) is 4.10. The molecule has 0 aliphatic carbocycles. The number of aliphatic carboxylic acids is 1. The van der Waals surface area contributed by atoms with Gasteiger partial charge in [-0.3, -0.25) is 9.59 Å². The zero-order valence-electron chi connectivity index (χ0n) is 12.5. The van der Waals surface area contributed by atoms with E-state index < -0.39 is 11.8 Å². The number of amides is 1.